The maximum Gasteiger partial charge on any atom is 0.243 e. The van der Waals surface area contributed by atoms with Crippen molar-refractivity contribution in [3.63, 3.8) is 0 Å². The molecule has 0 N–H and O–H groups in total. The minimum Gasteiger partial charge on any atom is -0.366 e. The van der Waals surface area contributed by atoms with Crippen molar-refractivity contribution in [2.45, 2.75) is 24.8 Å². The van der Waals surface area contributed by atoms with Crippen LogP contribution in [0.25, 0.3) is 0 Å². The van der Waals surface area contributed by atoms with E-state index in [0.29, 0.717) is 19.6 Å². The van der Waals surface area contributed by atoms with Crippen molar-refractivity contribution in [2.75, 3.05) is 24.5 Å². The zero-order valence-corrected chi connectivity index (χ0v) is 14.6. The van der Waals surface area contributed by atoms with Crippen LogP contribution in [0, 0.1) is 12.7 Å². The Morgan fingerprint density at radius 2 is 1.62 bits per heavy atom. The molecule has 1 saturated heterocycles. The maximum atomic E-state index is 13.0. The van der Waals surface area contributed by atoms with Crippen LogP contribution in [0.2, 0.25) is 0 Å². The van der Waals surface area contributed by atoms with Crippen LogP contribution >= 0.6 is 0 Å². The quantitative estimate of drug-likeness (QED) is 0.856. The number of hydrogen-bond donors (Lipinski definition) is 0. The molecule has 1 aliphatic rings. The van der Waals surface area contributed by atoms with Gasteiger partial charge in [-0.1, -0.05) is 17.7 Å². The molecule has 3 rings (SSSR count). The van der Waals surface area contributed by atoms with Crippen LogP contribution in [-0.4, -0.2) is 38.4 Å². The monoisotopic (exact) mass is 348 g/mol. The van der Waals surface area contributed by atoms with Gasteiger partial charge in [0.2, 0.25) is 10.0 Å². The Morgan fingerprint density at radius 3 is 2.21 bits per heavy atom. The molecule has 0 saturated carbocycles. The number of anilines is 1. The second-order valence-electron chi connectivity index (χ2n) is 6.19. The largest absolute Gasteiger partial charge is 0.366 e. The van der Waals surface area contributed by atoms with E-state index in [1.165, 1.54) is 34.1 Å². The number of piperazine rings is 1. The molecule has 1 fully saturated rings. The van der Waals surface area contributed by atoms with Crippen LogP contribution in [0.15, 0.2) is 53.4 Å². The van der Waals surface area contributed by atoms with Crippen LogP contribution in [0.4, 0.5) is 10.1 Å². The van der Waals surface area contributed by atoms with E-state index in [4.69, 9.17) is 0 Å². The Morgan fingerprint density at radius 1 is 1.00 bits per heavy atom. The third-order valence-electron chi connectivity index (χ3n) is 4.41. The lowest BCUT2D eigenvalue weighted by Crippen LogP contribution is -2.53. The van der Waals surface area contributed by atoms with Gasteiger partial charge in [-0.3, -0.25) is 0 Å². The van der Waals surface area contributed by atoms with Gasteiger partial charge in [0.05, 0.1) is 4.90 Å². The molecule has 0 spiro atoms. The van der Waals surface area contributed by atoms with Gasteiger partial charge in [-0.15, -0.1) is 0 Å². The molecule has 0 unspecified atom stereocenters. The summed E-state index contributed by atoms with van der Waals surface area (Å²) < 4.78 is 39.9. The van der Waals surface area contributed by atoms with E-state index < -0.39 is 15.8 Å². The van der Waals surface area contributed by atoms with Crippen molar-refractivity contribution in [1.29, 1.82) is 0 Å². The fourth-order valence-corrected chi connectivity index (χ4v) is 4.53. The van der Waals surface area contributed by atoms with Crippen LogP contribution in [0.1, 0.15) is 12.5 Å². The number of rotatable bonds is 3. The van der Waals surface area contributed by atoms with Crippen LogP contribution in [-0.2, 0) is 10.0 Å². The molecule has 128 valence electrons. The third-order valence-corrected chi connectivity index (χ3v) is 6.29. The van der Waals surface area contributed by atoms with Crippen molar-refractivity contribution >= 4 is 15.7 Å². The molecule has 0 aliphatic carbocycles. The lowest BCUT2D eigenvalue weighted by molar-refractivity contribution is 0.342. The molecule has 0 bridgehead atoms. The smallest absolute Gasteiger partial charge is 0.243 e. The van der Waals surface area contributed by atoms with Crippen LogP contribution in [0.3, 0.4) is 0 Å². The molecule has 0 aromatic heterocycles. The van der Waals surface area contributed by atoms with Crippen molar-refractivity contribution in [1.82, 2.24) is 4.31 Å². The van der Waals surface area contributed by atoms with Gasteiger partial charge in [0, 0.05) is 31.4 Å². The van der Waals surface area contributed by atoms with Crippen LogP contribution in [0.5, 0.6) is 0 Å². The van der Waals surface area contributed by atoms with E-state index in [9.17, 15) is 12.8 Å². The molecular weight excluding hydrogens is 327 g/mol. The standard InChI is InChI=1S/C18H21FN2O2S/c1-14-3-7-17(8-4-14)21-12-11-20(13-15(21)2)24(22,23)18-9-5-16(19)6-10-18/h3-10,15H,11-13H2,1-2H3/t15-/m0/s1. The minimum absolute atomic E-state index is 0.0664. The van der Waals surface area contributed by atoms with Crippen molar-refractivity contribution in [3.8, 4) is 0 Å². The van der Waals surface area contributed by atoms with E-state index in [-0.39, 0.29) is 10.9 Å². The third kappa shape index (κ3) is 3.30. The summed E-state index contributed by atoms with van der Waals surface area (Å²) in [6.45, 7) is 5.52. The molecule has 6 heteroatoms. The first-order chi connectivity index (χ1) is 11.4. The molecule has 2 aromatic rings. The topological polar surface area (TPSA) is 40.6 Å². The van der Waals surface area contributed by atoms with Gasteiger partial charge in [0.1, 0.15) is 5.82 Å². The number of aryl methyl sites for hydroxylation is 1. The minimum atomic E-state index is -3.58. The zero-order valence-electron chi connectivity index (χ0n) is 13.8. The molecular formula is C18H21FN2O2S. The van der Waals surface area contributed by atoms with Gasteiger partial charge in [0.15, 0.2) is 0 Å². The predicted molar refractivity (Wildman–Crippen MR) is 93.1 cm³/mol. The average Bonchev–Trinajstić information content (AvgIpc) is 2.56. The summed E-state index contributed by atoms with van der Waals surface area (Å²) in [6, 6.07) is 13.3. The van der Waals surface area contributed by atoms with Crippen molar-refractivity contribution in [2.24, 2.45) is 0 Å². The summed E-state index contributed by atoms with van der Waals surface area (Å²) in [5.41, 5.74) is 2.30. The molecule has 1 heterocycles. The average molecular weight is 348 g/mol. The van der Waals surface area contributed by atoms with E-state index in [0.717, 1.165) is 5.69 Å². The predicted octanol–water partition coefficient (Wildman–Crippen LogP) is 3.03. The fraction of sp³-hybridized carbons (Fsp3) is 0.333. The molecule has 1 atom stereocenters. The molecule has 4 nitrogen and oxygen atoms in total. The highest BCUT2D eigenvalue weighted by Gasteiger charge is 2.32. The maximum absolute atomic E-state index is 13.0. The summed E-state index contributed by atoms with van der Waals surface area (Å²) in [6.07, 6.45) is 0. The first-order valence-electron chi connectivity index (χ1n) is 7.97. The van der Waals surface area contributed by atoms with E-state index in [1.807, 2.05) is 13.8 Å². The van der Waals surface area contributed by atoms with Gasteiger partial charge >= 0.3 is 0 Å². The highest BCUT2D eigenvalue weighted by molar-refractivity contribution is 7.89. The Kier molecular flexibility index (Phi) is 4.60. The van der Waals surface area contributed by atoms with E-state index in [1.54, 1.807) is 0 Å². The summed E-state index contributed by atoms with van der Waals surface area (Å²) in [5, 5.41) is 0. The number of sulfonamides is 1. The van der Waals surface area contributed by atoms with Gasteiger partial charge < -0.3 is 4.90 Å². The SMILES string of the molecule is Cc1ccc(N2CCN(S(=O)(=O)c3ccc(F)cc3)C[C@@H]2C)cc1. The summed E-state index contributed by atoms with van der Waals surface area (Å²) in [4.78, 5) is 2.36. The van der Waals surface area contributed by atoms with Crippen molar-refractivity contribution in [3.05, 3.63) is 59.9 Å². The van der Waals surface area contributed by atoms with Gasteiger partial charge in [-0.05, 0) is 50.2 Å². The Hall–Kier alpha value is -1.92. The summed E-state index contributed by atoms with van der Waals surface area (Å²) >= 11 is 0. The number of hydrogen-bond acceptors (Lipinski definition) is 3. The summed E-state index contributed by atoms with van der Waals surface area (Å²) in [5.74, 6) is -0.438. The normalized spacial score (nSPS) is 19.5. The number of halogens is 1. The van der Waals surface area contributed by atoms with Crippen LogP contribution < -0.4 is 4.90 Å². The zero-order chi connectivity index (χ0) is 17.3. The van der Waals surface area contributed by atoms with Gasteiger partial charge in [0.25, 0.3) is 0 Å². The second-order valence-corrected chi connectivity index (χ2v) is 8.13. The lowest BCUT2D eigenvalue weighted by atomic mass is 10.1. The first kappa shape index (κ1) is 16.9. The highest BCUT2D eigenvalue weighted by Crippen LogP contribution is 2.24. The first-order valence-corrected chi connectivity index (χ1v) is 9.41. The Labute approximate surface area is 142 Å². The van der Waals surface area contributed by atoms with Gasteiger partial charge in [-0.2, -0.15) is 4.31 Å². The summed E-state index contributed by atoms with van der Waals surface area (Å²) in [7, 11) is -3.58. The van der Waals surface area contributed by atoms with E-state index in [2.05, 4.69) is 29.2 Å². The fourth-order valence-electron chi connectivity index (χ4n) is 3.02. The van der Waals surface area contributed by atoms with Crippen molar-refractivity contribution < 1.29 is 12.8 Å². The molecule has 24 heavy (non-hydrogen) atoms. The molecule has 0 amide bonds. The molecule has 0 radical (unpaired) electrons. The molecule has 2 aromatic carbocycles. The lowest BCUT2D eigenvalue weighted by Gasteiger charge is -2.40. The number of nitrogens with zero attached hydrogens (tertiary/aromatic N) is 2. The Bertz CT molecular complexity index is 804. The highest BCUT2D eigenvalue weighted by atomic mass is 32.2. The second kappa shape index (κ2) is 6.53. The number of benzene rings is 2. The van der Waals surface area contributed by atoms with E-state index >= 15 is 0 Å². The molecule has 1 aliphatic heterocycles. The van der Waals surface area contributed by atoms with Gasteiger partial charge in [-0.25, -0.2) is 12.8 Å². The Balaban J connectivity index is 1.77.